The van der Waals surface area contributed by atoms with E-state index in [2.05, 4.69) is 52.4 Å². The predicted octanol–water partition coefficient (Wildman–Crippen LogP) is 4.71. The highest BCUT2D eigenvalue weighted by Crippen LogP contribution is 2.35. The zero-order chi connectivity index (χ0) is 15.1. The normalized spacial score (nSPS) is 20.0. The molecule has 0 radical (unpaired) electrons. The van der Waals surface area contributed by atoms with Crippen LogP contribution in [0, 0.1) is 0 Å². The zero-order valence-electron chi connectivity index (χ0n) is 13.3. The van der Waals surface area contributed by atoms with Gasteiger partial charge in [0.25, 0.3) is 0 Å². The summed E-state index contributed by atoms with van der Waals surface area (Å²) < 4.78 is 7.31. The van der Waals surface area contributed by atoms with Crippen molar-refractivity contribution in [2.24, 2.45) is 0 Å². The summed E-state index contributed by atoms with van der Waals surface area (Å²) in [6.45, 7) is 3.17. The molecule has 0 aliphatic heterocycles. The van der Waals surface area contributed by atoms with Gasteiger partial charge in [-0.15, -0.1) is 0 Å². The second kappa shape index (κ2) is 8.30. The second-order valence-corrected chi connectivity index (χ2v) is 6.94. The van der Waals surface area contributed by atoms with Crippen LogP contribution in [-0.4, -0.2) is 25.3 Å². The van der Waals surface area contributed by atoms with Crippen LogP contribution in [0.1, 0.15) is 51.0 Å². The van der Waals surface area contributed by atoms with E-state index >= 15 is 0 Å². The summed E-state index contributed by atoms with van der Waals surface area (Å²) in [5.41, 5.74) is 1.35. The molecule has 1 saturated carbocycles. The Bertz CT molecular complexity index is 427. The van der Waals surface area contributed by atoms with Crippen molar-refractivity contribution >= 4 is 15.9 Å². The van der Waals surface area contributed by atoms with Gasteiger partial charge in [0, 0.05) is 17.6 Å². The first kappa shape index (κ1) is 17.0. The third-order valence-corrected chi connectivity index (χ3v) is 5.60. The van der Waals surface area contributed by atoms with Crippen LogP contribution in [-0.2, 0) is 11.2 Å². The standard InChI is InChI=1S/C18H28BrNO/c1-3-20-17(14-15-10-6-7-11-16(15)19)18(21-2)12-8-4-5-9-13-18/h6-7,10-11,17,20H,3-5,8-9,12-14H2,1-2H3. The Morgan fingerprint density at radius 2 is 1.86 bits per heavy atom. The van der Waals surface area contributed by atoms with Crippen LogP contribution in [0.3, 0.4) is 0 Å². The van der Waals surface area contributed by atoms with Gasteiger partial charge < -0.3 is 10.1 Å². The molecule has 0 heterocycles. The minimum absolute atomic E-state index is 0.0121. The number of rotatable bonds is 6. The van der Waals surface area contributed by atoms with Gasteiger partial charge in [-0.3, -0.25) is 0 Å². The highest BCUT2D eigenvalue weighted by atomic mass is 79.9. The molecule has 1 fully saturated rings. The average molecular weight is 354 g/mol. The van der Waals surface area contributed by atoms with Gasteiger partial charge in [0.05, 0.1) is 5.60 Å². The summed E-state index contributed by atoms with van der Waals surface area (Å²) in [6.07, 6.45) is 8.62. The van der Waals surface area contributed by atoms with Crippen molar-refractivity contribution in [2.75, 3.05) is 13.7 Å². The number of halogens is 1. The summed E-state index contributed by atoms with van der Waals surface area (Å²) in [4.78, 5) is 0. The number of methoxy groups -OCH3 is 1. The summed E-state index contributed by atoms with van der Waals surface area (Å²) in [6, 6.07) is 8.92. The predicted molar refractivity (Wildman–Crippen MR) is 92.8 cm³/mol. The van der Waals surface area contributed by atoms with Gasteiger partial charge in [-0.05, 0) is 37.4 Å². The molecule has 1 aromatic carbocycles. The quantitative estimate of drug-likeness (QED) is 0.747. The number of hydrogen-bond acceptors (Lipinski definition) is 2. The van der Waals surface area contributed by atoms with Gasteiger partial charge in [0.2, 0.25) is 0 Å². The number of likely N-dealkylation sites (N-methyl/N-ethyl adjacent to an activating group) is 1. The Labute approximate surface area is 137 Å². The van der Waals surface area contributed by atoms with Crippen LogP contribution in [0.15, 0.2) is 28.7 Å². The van der Waals surface area contributed by atoms with Crippen LogP contribution in [0.2, 0.25) is 0 Å². The number of ether oxygens (including phenoxy) is 1. The van der Waals surface area contributed by atoms with Crippen molar-refractivity contribution < 1.29 is 4.74 Å². The molecule has 2 nitrogen and oxygen atoms in total. The lowest BCUT2D eigenvalue weighted by Crippen LogP contribution is -2.53. The number of nitrogens with one attached hydrogen (secondary N) is 1. The Morgan fingerprint density at radius 3 is 2.43 bits per heavy atom. The van der Waals surface area contributed by atoms with E-state index in [4.69, 9.17) is 4.74 Å². The zero-order valence-corrected chi connectivity index (χ0v) is 14.9. The molecular formula is C18H28BrNO. The Hall–Kier alpha value is -0.380. The summed E-state index contributed by atoms with van der Waals surface area (Å²) in [5, 5.41) is 3.70. The maximum atomic E-state index is 6.11. The van der Waals surface area contributed by atoms with Gasteiger partial charge in [0.1, 0.15) is 0 Å². The monoisotopic (exact) mass is 353 g/mol. The van der Waals surface area contributed by atoms with E-state index < -0.39 is 0 Å². The molecule has 1 unspecified atom stereocenters. The molecule has 0 bridgehead atoms. The molecule has 118 valence electrons. The minimum atomic E-state index is -0.0121. The lowest BCUT2D eigenvalue weighted by atomic mass is 9.82. The fourth-order valence-corrected chi connectivity index (χ4v) is 4.04. The van der Waals surface area contributed by atoms with Crippen molar-refractivity contribution in [3.63, 3.8) is 0 Å². The highest BCUT2D eigenvalue weighted by molar-refractivity contribution is 9.10. The topological polar surface area (TPSA) is 21.3 Å². The molecule has 0 aromatic heterocycles. The van der Waals surface area contributed by atoms with Crippen molar-refractivity contribution in [3.05, 3.63) is 34.3 Å². The molecule has 0 amide bonds. The summed E-state index contributed by atoms with van der Waals surface area (Å²) in [5.74, 6) is 0. The van der Waals surface area contributed by atoms with Crippen molar-refractivity contribution in [1.29, 1.82) is 0 Å². The number of hydrogen-bond donors (Lipinski definition) is 1. The SMILES string of the molecule is CCNC(Cc1ccccc1Br)C1(OC)CCCCCC1. The van der Waals surface area contributed by atoms with Crippen molar-refractivity contribution in [3.8, 4) is 0 Å². The van der Waals surface area contributed by atoms with E-state index in [1.165, 1.54) is 48.6 Å². The van der Waals surface area contributed by atoms with Crippen LogP contribution < -0.4 is 5.32 Å². The van der Waals surface area contributed by atoms with E-state index in [1.54, 1.807) is 0 Å². The Morgan fingerprint density at radius 1 is 1.19 bits per heavy atom. The van der Waals surface area contributed by atoms with Gasteiger partial charge in [-0.1, -0.05) is 66.7 Å². The molecular weight excluding hydrogens is 326 g/mol. The summed E-state index contributed by atoms with van der Waals surface area (Å²) in [7, 11) is 1.90. The van der Waals surface area contributed by atoms with Crippen LogP contribution in [0.5, 0.6) is 0 Å². The van der Waals surface area contributed by atoms with E-state index in [9.17, 15) is 0 Å². The molecule has 1 atom stereocenters. The molecule has 2 rings (SSSR count). The molecule has 3 heteroatoms. The third-order valence-electron chi connectivity index (χ3n) is 4.82. The summed E-state index contributed by atoms with van der Waals surface area (Å²) >= 11 is 3.69. The lowest BCUT2D eigenvalue weighted by Gasteiger charge is -2.40. The maximum absolute atomic E-state index is 6.11. The molecule has 21 heavy (non-hydrogen) atoms. The van der Waals surface area contributed by atoms with E-state index in [1.807, 2.05) is 7.11 Å². The first-order valence-corrected chi connectivity index (χ1v) is 9.03. The highest BCUT2D eigenvalue weighted by Gasteiger charge is 2.38. The molecule has 0 spiro atoms. The molecule has 1 aromatic rings. The van der Waals surface area contributed by atoms with E-state index in [-0.39, 0.29) is 5.60 Å². The van der Waals surface area contributed by atoms with Gasteiger partial charge >= 0.3 is 0 Å². The molecule has 1 aliphatic rings. The maximum Gasteiger partial charge on any atom is 0.0834 e. The fourth-order valence-electron chi connectivity index (χ4n) is 3.60. The van der Waals surface area contributed by atoms with E-state index in [0.29, 0.717) is 6.04 Å². The average Bonchev–Trinajstić information content (AvgIpc) is 2.75. The molecule has 1 N–H and O–H groups in total. The number of benzene rings is 1. The van der Waals surface area contributed by atoms with Crippen LogP contribution in [0.25, 0.3) is 0 Å². The van der Waals surface area contributed by atoms with Gasteiger partial charge in [-0.25, -0.2) is 0 Å². The van der Waals surface area contributed by atoms with Crippen molar-refractivity contribution in [1.82, 2.24) is 5.32 Å². The van der Waals surface area contributed by atoms with Crippen molar-refractivity contribution in [2.45, 2.75) is 63.5 Å². The third kappa shape index (κ3) is 4.30. The van der Waals surface area contributed by atoms with Gasteiger partial charge in [0.15, 0.2) is 0 Å². The van der Waals surface area contributed by atoms with Crippen LogP contribution >= 0.6 is 15.9 Å². The fraction of sp³-hybridized carbons (Fsp3) is 0.667. The van der Waals surface area contributed by atoms with Crippen LogP contribution in [0.4, 0.5) is 0 Å². The first-order chi connectivity index (χ1) is 10.2. The Balaban J connectivity index is 2.21. The minimum Gasteiger partial charge on any atom is -0.377 e. The first-order valence-electron chi connectivity index (χ1n) is 8.24. The lowest BCUT2D eigenvalue weighted by molar-refractivity contribution is -0.0523. The molecule has 1 aliphatic carbocycles. The van der Waals surface area contributed by atoms with E-state index in [0.717, 1.165) is 13.0 Å². The molecule has 0 saturated heterocycles. The Kier molecular flexibility index (Phi) is 6.72. The largest absolute Gasteiger partial charge is 0.377 e. The second-order valence-electron chi connectivity index (χ2n) is 6.09. The smallest absolute Gasteiger partial charge is 0.0834 e. The van der Waals surface area contributed by atoms with Gasteiger partial charge in [-0.2, -0.15) is 0 Å².